The number of rotatable bonds is 3. The van der Waals surface area contributed by atoms with Gasteiger partial charge in [0.1, 0.15) is 5.76 Å². The van der Waals surface area contributed by atoms with Gasteiger partial charge >= 0.3 is 0 Å². The van der Waals surface area contributed by atoms with Gasteiger partial charge in [-0.05, 0) is 52.1 Å². The van der Waals surface area contributed by atoms with Crippen molar-refractivity contribution in [3.8, 4) is 0 Å². The maximum absolute atomic E-state index is 5.76. The van der Waals surface area contributed by atoms with Crippen molar-refractivity contribution in [3.05, 3.63) is 43.9 Å². The van der Waals surface area contributed by atoms with Gasteiger partial charge < -0.3 is 9.73 Å². The molecule has 0 aromatic carbocycles. The van der Waals surface area contributed by atoms with Crippen LogP contribution in [0.4, 0.5) is 0 Å². The molecule has 1 atom stereocenters. The van der Waals surface area contributed by atoms with E-state index in [2.05, 4.69) is 26.6 Å². The minimum atomic E-state index is 0.0399. The standard InChI is InChI=1S/C10H9BrClNOS/c1-13-10(6-4-15-5-7(6)11)8-2-3-9(12)14-8/h2-5,10,13H,1H3. The predicted molar refractivity (Wildman–Crippen MR) is 66.6 cm³/mol. The zero-order chi connectivity index (χ0) is 10.8. The van der Waals surface area contributed by atoms with Gasteiger partial charge in [0.15, 0.2) is 5.22 Å². The Hall–Kier alpha value is -0.290. The third-order valence-electron chi connectivity index (χ3n) is 2.12. The number of halogens is 2. The topological polar surface area (TPSA) is 25.2 Å². The Balaban J connectivity index is 2.36. The molecule has 2 aromatic heterocycles. The first-order valence-electron chi connectivity index (χ1n) is 4.36. The fraction of sp³-hybridized carbons (Fsp3) is 0.200. The van der Waals surface area contributed by atoms with Crippen LogP contribution in [0.3, 0.4) is 0 Å². The van der Waals surface area contributed by atoms with E-state index in [-0.39, 0.29) is 6.04 Å². The SMILES string of the molecule is CNC(c1ccc(Cl)o1)c1cscc1Br. The van der Waals surface area contributed by atoms with Crippen molar-refractivity contribution in [2.75, 3.05) is 7.05 Å². The number of hydrogen-bond acceptors (Lipinski definition) is 3. The summed E-state index contributed by atoms with van der Waals surface area (Å²) < 4.78 is 6.48. The predicted octanol–water partition coefficient (Wildman–Crippen LogP) is 4.07. The number of thiophene rings is 1. The summed E-state index contributed by atoms with van der Waals surface area (Å²) in [4.78, 5) is 0. The van der Waals surface area contributed by atoms with Crippen LogP contribution in [0.25, 0.3) is 0 Å². The molecule has 0 bridgehead atoms. The minimum Gasteiger partial charge on any atom is -0.448 e. The van der Waals surface area contributed by atoms with Gasteiger partial charge in [-0.1, -0.05) is 0 Å². The maximum atomic E-state index is 5.76. The molecule has 0 radical (unpaired) electrons. The second-order valence-corrected chi connectivity index (χ2v) is 5.01. The van der Waals surface area contributed by atoms with Crippen LogP contribution in [-0.2, 0) is 0 Å². The van der Waals surface area contributed by atoms with Crippen LogP contribution in [0.15, 0.2) is 31.8 Å². The third kappa shape index (κ3) is 2.28. The van der Waals surface area contributed by atoms with Crippen LogP contribution in [-0.4, -0.2) is 7.05 Å². The Morgan fingerprint density at radius 2 is 2.27 bits per heavy atom. The summed E-state index contributed by atoms with van der Waals surface area (Å²) in [5.41, 5.74) is 1.16. The van der Waals surface area contributed by atoms with Gasteiger partial charge in [0, 0.05) is 15.4 Å². The molecule has 0 aliphatic heterocycles. The molecule has 0 saturated heterocycles. The van der Waals surface area contributed by atoms with Crippen molar-refractivity contribution in [2.45, 2.75) is 6.04 Å². The lowest BCUT2D eigenvalue weighted by molar-refractivity contribution is 0.464. The molecular weight excluding hydrogens is 298 g/mol. The first-order chi connectivity index (χ1) is 7.22. The van der Waals surface area contributed by atoms with Gasteiger partial charge in [0.2, 0.25) is 0 Å². The average molecular weight is 307 g/mol. The second-order valence-electron chi connectivity index (χ2n) is 3.04. The zero-order valence-corrected chi connectivity index (χ0v) is 11.1. The molecule has 2 nitrogen and oxygen atoms in total. The fourth-order valence-electron chi connectivity index (χ4n) is 1.43. The van der Waals surface area contributed by atoms with Crippen molar-refractivity contribution >= 4 is 38.9 Å². The number of furan rings is 1. The molecule has 15 heavy (non-hydrogen) atoms. The first-order valence-corrected chi connectivity index (χ1v) is 6.48. The van der Waals surface area contributed by atoms with E-state index in [1.54, 1.807) is 17.4 Å². The van der Waals surface area contributed by atoms with Crippen LogP contribution < -0.4 is 5.32 Å². The van der Waals surface area contributed by atoms with E-state index in [1.807, 2.05) is 18.5 Å². The maximum Gasteiger partial charge on any atom is 0.193 e. The fourth-order valence-corrected chi connectivity index (χ4v) is 3.14. The Labute approximate surface area is 105 Å². The van der Waals surface area contributed by atoms with Gasteiger partial charge in [0.05, 0.1) is 6.04 Å². The number of nitrogens with one attached hydrogen (secondary N) is 1. The highest BCUT2D eigenvalue weighted by molar-refractivity contribution is 9.10. The minimum absolute atomic E-state index is 0.0399. The van der Waals surface area contributed by atoms with Crippen LogP contribution in [0.1, 0.15) is 17.4 Å². The highest BCUT2D eigenvalue weighted by Gasteiger charge is 2.18. The van der Waals surface area contributed by atoms with Crippen molar-refractivity contribution in [2.24, 2.45) is 0 Å². The molecule has 5 heteroatoms. The lowest BCUT2D eigenvalue weighted by Crippen LogP contribution is -2.16. The monoisotopic (exact) mass is 305 g/mol. The van der Waals surface area contributed by atoms with Crippen LogP contribution in [0.5, 0.6) is 0 Å². The zero-order valence-electron chi connectivity index (χ0n) is 7.96. The van der Waals surface area contributed by atoms with Gasteiger partial charge in [-0.25, -0.2) is 0 Å². The number of hydrogen-bond donors (Lipinski definition) is 1. The smallest absolute Gasteiger partial charge is 0.193 e. The third-order valence-corrected chi connectivity index (χ3v) is 4.08. The summed E-state index contributed by atoms with van der Waals surface area (Å²) in [5, 5.41) is 7.74. The van der Waals surface area contributed by atoms with Gasteiger partial charge in [-0.3, -0.25) is 0 Å². The van der Waals surface area contributed by atoms with Crippen molar-refractivity contribution in [3.63, 3.8) is 0 Å². The summed E-state index contributed by atoms with van der Waals surface area (Å²) >= 11 is 10.9. The van der Waals surface area contributed by atoms with Crippen LogP contribution in [0.2, 0.25) is 5.22 Å². The highest BCUT2D eigenvalue weighted by atomic mass is 79.9. The van der Waals surface area contributed by atoms with Crippen LogP contribution in [0, 0.1) is 0 Å². The molecule has 0 spiro atoms. The molecule has 80 valence electrons. The summed E-state index contributed by atoms with van der Waals surface area (Å²) in [6.45, 7) is 0. The Kier molecular flexibility index (Phi) is 3.51. The molecular formula is C10H9BrClNOS. The molecule has 1 N–H and O–H groups in total. The normalized spacial score (nSPS) is 13.0. The van der Waals surface area contributed by atoms with Crippen molar-refractivity contribution < 1.29 is 4.42 Å². The van der Waals surface area contributed by atoms with E-state index < -0.39 is 0 Å². The molecule has 0 fully saturated rings. The largest absolute Gasteiger partial charge is 0.448 e. The van der Waals surface area contributed by atoms with E-state index in [0.717, 1.165) is 15.8 Å². The second kappa shape index (κ2) is 4.70. The van der Waals surface area contributed by atoms with E-state index in [9.17, 15) is 0 Å². The molecule has 0 aliphatic carbocycles. The lowest BCUT2D eigenvalue weighted by Gasteiger charge is -2.12. The van der Waals surface area contributed by atoms with Crippen molar-refractivity contribution in [1.82, 2.24) is 5.32 Å². The molecule has 2 aromatic rings. The molecule has 0 saturated carbocycles. The summed E-state index contributed by atoms with van der Waals surface area (Å²) in [6, 6.07) is 3.67. The summed E-state index contributed by atoms with van der Waals surface area (Å²) in [5.74, 6) is 0.821. The molecule has 2 heterocycles. The highest BCUT2D eigenvalue weighted by Crippen LogP contribution is 2.32. The van der Waals surface area contributed by atoms with Gasteiger partial charge in [-0.15, -0.1) is 0 Å². The lowest BCUT2D eigenvalue weighted by atomic mass is 10.1. The van der Waals surface area contributed by atoms with E-state index in [0.29, 0.717) is 5.22 Å². The van der Waals surface area contributed by atoms with Gasteiger partial charge in [0.25, 0.3) is 0 Å². The van der Waals surface area contributed by atoms with E-state index in [4.69, 9.17) is 16.0 Å². The molecule has 0 amide bonds. The quantitative estimate of drug-likeness (QED) is 0.925. The van der Waals surface area contributed by atoms with E-state index in [1.165, 1.54) is 0 Å². The molecule has 2 rings (SSSR count). The van der Waals surface area contributed by atoms with E-state index >= 15 is 0 Å². The Bertz CT molecular complexity index is 454. The summed E-state index contributed by atoms with van der Waals surface area (Å²) in [6.07, 6.45) is 0. The van der Waals surface area contributed by atoms with Gasteiger partial charge in [-0.2, -0.15) is 11.3 Å². The molecule has 0 aliphatic rings. The first kappa shape index (κ1) is 11.2. The Morgan fingerprint density at radius 1 is 1.47 bits per heavy atom. The Morgan fingerprint density at radius 3 is 2.73 bits per heavy atom. The van der Waals surface area contributed by atoms with Crippen molar-refractivity contribution in [1.29, 1.82) is 0 Å². The average Bonchev–Trinajstić information content (AvgIpc) is 2.79. The summed E-state index contributed by atoms with van der Waals surface area (Å²) in [7, 11) is 1.89. The molecule has 1 unspecified atom stereocenters. The van der Waals surface area contributed by atoms with Crippen LogP contribution >= 0.6 is 38.9 Å².